The maximum atomic E-state index is 11.7. The van der Waals surface area contributed by atoms with Gasteiger partial charge in [-0.25, -0.2) is 4.98 Å². The molecule has 1 atom stereocenters. The van der Waals surface area contributed by atoms with Gasteiger partial charge < -0.3 is 0 Å². The number of hydrogen-bond acceptors (Lipinski definition) is 2. The molecule has 0 saturated carbocycles. The summed E-state index contributed by atoms with van der Waals surface area (Å²) in [5.74, 6) is 1.03. The van der Waals surface area contributed by atoms with E-state index in [1.54, 1.807) is 23.2 Å². The van der Waals surface area contributed by atoms with Gasteiger partial charge in [-0.15, -0.1) is 0 Å². The maximum absolute atomic E-state index is 11.7. The lowest BCUT2D eigenvalue weighted by Crippen LogP contribution is -2.25. The molecule has 15 heavy (non-hydrogen) atoms. The van der Waals surface area contributed by atoms with Crippen LogP contribution in [0.3, 0.4) is 0 Å². The first-order valence-electron chi connectivity index (χ1n) is 4.69. The van der Waals surface area contributed by atoms with Gasteiger partial charge in [-0.05, 0) is 18.1 Å². The molecule has 1 aliphatic heterocycles. The number of pyridine rings is 1. The Kier molecular flexibility index (Phi) is 3.26. The fourth-order valence-electron chi connectivity index (χ4n) is 1.67. The lowest BCUT2D eigenvalue weighted by molar-refractivity contribution is -0.117. The number of nitrogens with zero attached hydrogens (tertiary/aromatic N) is 2. The van der Waals surface area contributed by atoms with Gasteiger partial charge in [0.2, 0.25) is 5.91 Å². The first kappa shape index (κ1) is 10.9. The molecule has 1 amide bonds. The molecule has 80 valence electrons. The van der Waals surface area contributed by atoms with Gasteiger partial charge in [-0.3, -0.25) is 9.69 Å². The van der Waals surface area contributed by atoms with E-state index in [1.807, 2.05) is 0 Å². The van der Waals surface area contributed by atoms with Crippen LogP contribution in [0.2, 0.25) is 5.02 Å². The van der Waals surface area contributed by atoms with Crippen molar-refractivity contribution in [2.24, 2.45) is 5.92 Å². The van der Waals surface area contributed by atoms with Gasteiger partial charge in [0.05, 0.1) is 5.02 Å². The third-order valence-electron chi connectivity index (χ3n) is 2.42. The Morgan fingerprint density at radius 2 is 2.47 bits per heavy atom. The third-order valence-corrected chi connectivity index (χ3v) is 3.63. The van der Waals surface area contributed by atoms with Crippen molar-refractivity contribution in [2.45, 2.75) is 6.42 Å². The van der Waals surface area contributed by atoms with E-state index in [4.69, 9.17) is 11.6 Å². The number of aromatic nitrogens is 1. The van der Waals surface area contributed by atoms with Crippen LogP contribution in [-0.4, -0.2) is 22.8 Å². The molecule has 1 fully saturated rings. The number of carbonyl (C=O) groups is 1. The molecule has 2 heterocycles. The molecular formula is C10H10BrClN2O. The minimum Gasteiger partial charge on any atom is -0.295 e. The van der Waals surface area contributed by atoms with Gasteiger partial charge in [0.25, 0.3) is 0 Å². The van der Waals surface area contributed by atoms with Crippen molar-refractivity contribution in [2.75, 3.05) is 16.8 Å². The van der Waals surface area contributed by atoms with Gasteiger partial charge >= 0.3 is 0 Å². The Balaban J connectivity index is 2.25. The standard InChI is InChI=1S/C10H10BrClN2O/c11-5-7-4-9(15)14(6-7)10-8(12)2-1-3-13-10/h1-3,7H,4-6H2. The molecule has 5 heteroatoms. The molecule has 1 aromatic heterocycles. The van der Waals surface area contributed by atoms with Gasteiger partial charge in [0.1, 0.15) is 0 Å². The highest BCUT2D eigenvalue weighted by atomic mass is 79.9. The normalized spacial score (nSPS) is 21.1. The van der Waals surface area contributed by atoms with Crippen LogP contribution in [0.1, 0.15) is 6.42 Å². The SMILES string of the molecule is O=C1CC(CBr)CN1c1ncccc1Cl. The zero-order chi connectivity index (χ0) is 10.8. The maximum Gasteiger partial charge on any atom is 0.228 e. The molecule has 0 spiro atoms. The van der Waals surface area contributed by atoms with Crippen molar-refractivity contribution in [3.05, 3.63) is 23.4 Å². The first-order valence-corrected chi connectivity index (χ1v) is 6.19. The summed E-state index contributed by atoms with van der Waals surface area (Å²) >= 11 is 9.38. The van der Waals surface area contributed by atoms with Crippen molar-refractivity contribution in [1.82, 2.24) is 4.98 Å². The van der Waals surface area contributed by atoms with Crippen LogP contribution in [0.15, 0.2) is 18.3 Å². The van der Waals surface area contributed by atoms with Crippen molar-refractivity contribution in [3.63, 3.8) is 0 Å². The summed E-state index contributed by atoms with van der Waals surface area (Å²) in [6.45, 7) is 0.695. The summed E-state index contributed by atoms with van der Waals surface area (Å²) in [6, 6.07) is 3.51. The van der Waals surface area contributed by atoms with Crippen LogP contribution in [0.4, 0.5) is 5.82 Å². The Hall–Kier alpha value is -0.610. The number of alkyl halides is 1. The summed E-state index contributed by atoms with van der Waals surface area (Å²) in [6.07, 6.45) is 2.22. The van der Waals surface area contributed by atoms with E-state index in [-0.39, 0.29) is 5.91 Å². The predicted molar refractivity (Wildman–Crippen MR) is 63.5 cm³/mol. The van der Waals surface area contributed by atoms with Crippen molar-refractivity contribution < 1.29 is 4.79 Å². The fraction of sp³-hybridized carbons (Fsp3) is 0.400. The minimum atomic E-state index is 0.0973. The van der Waals surface area contributed by atoms with E-state index in [9.17, 15) is 4.79 Å². The summed E-state index contributed by atoms with van der Waals surface area (Å²) in [5, 5.41) is 1.36. The highest BCUT2D eigenvalue weighted by Crippen LogP contribution is 2.29. The first-order chi connectivity index (χ1) is 7.22. The average molecular weight is 290 g/mol. The minimum absolute atomic E-state index is 0.0973. The quantitative estimate of drug-likeness (QED) is 0.784. The predicted octanol–water partition coefficient (Wildman–Crippen LogP) is 2.48. The highest BCUT2D eigenvalue weighted by molar-refractivity contribution is 9.09. The summed E-state index contributed by atoms with van der Waals surface area (Å²) in [4.78, 5) is 17.5. The molecule has 0 aliphatic carbocycles. The molecule has 1 unspecified atom stereocenters. The molecule has 0 N–H and O–H groups in total. The lowest BCUT2D eigenvalue weighted by atomic mass is 10.2. The molecule has 0 bridgehead atoms. The molecule has 1 aliphatic rings. The number of hydrogen-bond donors (Lipinski definition) is 0. The van der Waals surface area contributed by atoms with Crippen LogP contribution >= 0.6 is 27.5 Å². The molecule has 3 nitrogen and oxygen atoms in total. The van der Waals surface area contributed by atoms with Crippen molar-refractivity contribution >= 4 is 39.3 Å². The van der Waals surface area contributed by atoms with Gasteiger partial charge in [-0.2, -0.15) is 0 Å². The second kappa shape index (κ2) is 4.49. The van der Waals surface area contributed by atoms with Gasteiger partial charge in [-0.1, -0.05) is 27.5 Å². The smallest absolute Gasteiger partial charge is 0.228 e. The van der Waals surface area contributed by atoms with E-state index in [2.05, 4.69) is 20.9 Å². The van der Waals surface area contributed by atoms with Crippen LogP contribution in [-0.2, 0) is 4.79 Å². The van der Waals surface area contributed by atoms with Gasteiger partial charge in [0.15, 0.2) is 5.82 Å². The van der Waals surface area contributed by atoms with E-state index >= 15 is 0 Å². The lowest BCUT2D eigenvalue weighted by Gasteiger charge is -2.16. The number of anilines is 1. The zero-order valence-corrected chi connectivity index (χ0v) is 10.3. The Labute approximate surface area is 102 Å². The number of carbonyl (C=O) groups excluding carboxylic acids is 1. The zero-order valence-electron chi connectivity index (χ0n) is 7.99. The Bertz CT molecular complexity index is 385. The summed E-state index contributed by atoms with van der Waals surface area (Å²) in [7, 11) is 0. The van der Waals surface area contributed by atoms with Gasteiger partial charge in [0, 0.05) is 24.5 Å². The second-order valence-corrected chi connectivity index (χ2v) is 4.59. The van der Waals surface area contributed by atoms with Crippen molar-refractivity contribution in [1.29, 1.82) is 0 Å². The number of halogens is 2. The number of rotatable bonds is 2. The molecule has 0 radical (unpaired) electrons. The topological polar surface area (TPSA) is 33.2 Å². The summed E-state index contributed by atoms with van der Waals surface area (Å²) in [5.41, 5.74) is 0. The average Bonchev–Trinajstić information content (AvgIpc) is 2.60. The molecule has 1 aromatic rings. The molecule has 2 rings (SSSR count). The Morgan fingerprint density at radius 3 is 3.07 bits per heavy atom. The second-order valence-electron chi connectivity index (χ2n) is 3.54. The van der Waals surface area contributed by atoms with E-state index in [1.165, 1.54) is 0 Å². The largest absolute Gasteiger partial charge is 0.295 e. The van der Waals surface area contributed by atoms with E-state index < -0.39 is 0 Å². The molecular weight excluding hydrogens is 279 g/mol. The van der Waals surface area contributed by atoms with Crippen LogP contribution < -0.4 is 4.90 Å². The molecule has 0 aromatic carbocycles. The van der Waals surface area contributed by atoms with E-state index in [0.29, 0.717) is 29.7 Å². The van der Waals surface area contributed by atoms with E-state index in [0.717, 1.165) is 5.33 Å². The van der Waals surface area contributed by atoms with Crippen molar-refractivity contribution in [3.8, 4) is 0 Å². The monoisotopic (exact) mass is 288 g/mol. The summed E-state index contributed by atoms with van der Waals surface area (Å²) < 4.78 is 0. The fourth-order valence-corrected chi connectivity index (χ4v) is 2.32. The number of amides is 1. The molecule has 1 saturated heterocycles. The highest BCUT2D eigenvalue weighted by Gasteiger charge is 2.31. The third kappa shape index (κ3) is 2.16. The van der Waals surface area contributed by atoms with Crippen LogP contribution in [0.25, 0.3) is 0 Å². The van der Waals surface area contributed by atoms with Crippen LogP contribution in [0.5, 0.6) is 0 Å². The Morgan fingerprint density at radius 1 is 1.67 bits per heavy atom. The van der Waals surface area contributed by atoms with Crippen LogP contribution in [0, 0.1) is 5.92 Å².